The highest BCUT2D eigenvalue weighted by molar-refractivity contribution is 7.89. The zero-order valence-electron chi connectivity index (χ0n) is 11.1. The van der Waals surface area contributed by atoms with Crippen LogP contribution in [0.25, 0.3) is 0 Å². The van der Waals surface area contributed by atoms with Crippen LogP contribution < -0.4 is 4.72 Å². The third kappa shape index (κ3) is 6.73. The van der Waals surface area contributed by atoms with Gasteiger partial charge in [-0.15, -0.1) is 11.3 Å². The van der Waals surface area contributed by atoms with Gasteiger partial charge in [-0.05, 0) is 24.5 Å². The Morgan fingerprint density at radius 1 is 1.42 bits per heavy atom. The predicted octanol–water partition coefficient (Wildman–Crippen LogP) is 1.56. The molecular formula is C13H19NO3S2. The number of hydrogen-bond acceptors (Lipinski definition) is 4. The molecule has 19 heavy (non-hydrogen) atoms. The van der Waals surface area contributed by atoms with Gasteiger partial charge in [0.15, 0.2) is 0 Å². The first-order valence-corrected chi connectivity index (χ1v) is 8.55. The summed E-state index contributed by atoms with van der Waals surface area (Å²) >= 11 is 1.43. The highest BCUT2D eigenvalue weighted by Crippen LogP contribution is 2.15. The fourth-order valence-corrected chi connectivity index (χ4v) is 3.53. The molecular weight excluding hydrogens is 282 g/mol. The lowest BCUT2D eigenvalue weighted by Gasteiger charge is -2.07. The van der Waals surface area contributed by atoms with Gasteiger partial charge in [0, 0.05) is 11.4 Å². The van der Waals surface area contributed by atoms with Crippen LogP contribution in [0.3, 0.4) is 0 Å². The lowest BCUT2D eigenvalue weighted by atomic mass is 10.2. The Labute approximate surface area is 118 Å². The van der Waals surface area contributed by atoms with Gasteiger partial charge in [0.2, 0.25) is 10.0 Å². The van der Waals surface area contributed by atoms with E-state index in [0.717, 1.165) is 9.75 Å². The Morgan fingerprint density at radius 2 is 2.16 bits per heavy atom. The predicted molar refractivity (Wildman–Crippen MR) is 78.4 cm³/mol. The zero-order chi connectivity index (χ0) is 14.3. The van der Waals surface area contributed by atoms with Gasteiger partial charge < -0.3 is 5.11 Å². The number of hydrogen-bond donors (Lipinski definition) is 2. The molecule has 0 bridgehead atoms. The SMILES string of the molecule is CC(C)CCS(=O)(=O)NCc1ccc(C#CCO)s1. The third-order valence-electron chi connectivity index (χ3n) is 2.38. The van der Waals surface area contributed by atoms with E-state index in [9.17, 15) is 8.42 Å². The maximum Gasteiger partial charge on any atom is 0.211 e. The Hall–Kier alpha value is -0.870. The molecule has 2 N–H and O–H groups in total. The highest BCUT2D eigenvalue weighted by Gasteiger charge is 2.11. The Morgan fingerprint density at radius 3 is 2.79 bits per heavy atom. The van der Waals surface area contributed by atoms with E-state index in [1.807, 2.05) is 26.0 Å². The summed E-state index contributed by atoms with van der Waals surface area (Å²) in [6.07, 6.45) is 0.660. The van der Waals surface area contributed by atoms with Gasteiger partial charge in [-0.25, -0.2) is 13.1 Å². The van der Waals surface area contributed by atoms with Crippen LogP contribution in [0.1, 0.15) is 30.0 Å². The van der Waals surface area contributed by atoms with Gasteiger partial charge >= 0.3 is 0 Å². The van der Waals surface area contributed by atoms with E-state index in [-0.39, 0.29) is 12.4 Å². The summed E-state index contributed by atoms with van der Waals surface area (Å²) in [4.78, 5) is 1.74. The van der Waals surface area contributed by atoms with E-state index in [1.165, 1.54) is 11.3 Å². The van der Waals surface area contributed by atoms with E-state index < -0.39 is 10.0 Å². The second-order valence-corrected chi connectivity index (χ2v) is 7.64. The van der Waals surface area contributed by atoms with Gasteiger partial charge in [0.25, 0.3) is 0 Å². The monoisotopic (exact) mass is 301 g/mol. The van der Waals surface area contributed by atoms with Crippen LogP contribution in [0, 0.1) is 17.8 Å². The molecule has 106 valence electrons. The Balaban J connectivity index is 2.50. The van der Waals surface area contributed by atoms with Gasteiger partial charge in [-0.3, -0.25) is 0 Å². The van der Waals surface area contributed by atoms with Gasteiger partial charge in [-0.2, -0.15) is 0 Å². The van der Waals surface area contributed by atoms with Gasteiger partial charge in [0.1, 0.15) is 6.61 Å². The van der Waals surface area contributed by atoms with Gasteiger partial charge in [-0.1, -0.05) is 25.7 Å². The average molecular weight is 301 g/mol. The van der Waals surface area contributed by atoms with E-state index in [2.05, 4.69) is 16.6 Å². The molecule has 0 aromatic carbocycles. The first kappa shape index (κ1) is 16.2. The van der Waals surface area contributed by atoms with Crippen molar-refractivity contribution in [3.63, 3.8) is 0 Å². The summed E-state index contributed by atoms with van der Waals surface area (Å²) in [5.41, 5.74) is 0. The number of aliphatic hydroxyl groups is 1. The number of thiophene rings is 1. The van der Waals surface area contributed by atoms with E-state index in [4.69, 9.17) is 5.11 Å². The minimum Gasteiger partial charge on any atom is -0.384 e. The first-order valence-electron chi connectivity index (χ1n) is 6.08. The molecule has 0 spiro atoms. The topological polar surface area (TPSA) is 66.4 Å². The fourth-order valence-electron chi connectivity index (χ4n) is 1.31. The van der Waals surface area contributed by atoms with E-state index >= 15 is 0 Å². The largest absolute Gasteiger partial charge is 0.384 e. The van der Waals surface area contributed by atoms with Crippen LogP contribution in [-0.2, 0) is 16.6 Å². The molecule has 1 aromatic heterocycles. The van der Waals surface area contributed by atoms with Crippen molar-refractivity contribution in [2.45, 2.75) is 26.8 Å². The molecule has 6 heteroatoms. The standard InChI is InChI=1S/C13H19NO3S2/c1-11(2)7-9-19(16,17)14-10-13-6-5-12(18-13)4-3-8-15/h5-6,11,14-15H,7-10H2,1-2H3. The maximum atomic E-state index is 11.7. The second-order valence-electron chi connectivity index (χ2n) is 4.55. The minimum absolute atomic E-state index is 0.160. The smallest absolute Gasteiger partial charge is 0.211 e. The molecule has 0 unspecified atom stereocenters. The van der Waals surface area contributed by atoms with E-state index in [0.29, 0.717) is 18.9 Å². The molecule has 1 aromatic rings. The summed E-state index contributed by atoms with van der Waals surface area (Å²) in [7, 11) is -3.20. The maximum absolute atomic E-state index is 11.7. The molecule has 0 aliphatic carbocycles. The number of nitrogens with one attached hydrogen (secondary N) is 1. The molecule has 0 radical (unpaired) electrons. The summed E-state index contributed by atoms with van der Waals surface area (Å²) < 4.78 is 26.0. The van der Waals surface area contributed by atoms with Crippen molar-refractivity contribution >= 4 is 21.4 Å². The van der Waals surface area contributed by atoms with Crippen molar-refractivity contribution in [3.8, 4) is 11.8 Å². The Kier molecular flexibility index (Phi) is 6.52. The minimum atomic E-state index is -3.20. The van der Waals surface area contributed by atoms with Crippen LogP contribution in [0.4, 0.5) is 0 Å². The number of sulfonamides is 1. The van der Waals surface area contributed by atoms with Crippen molar-refractivity contribution in [2.24, 2.45) is 5.92 Å². The lowest BCUT2D eigenvalue weighted by Crippen LogP contribution is -2.26. The Bertz CT molecular complexity index is 550. The average Bonchev–Trinajstić information content (AvgIpc) is 2.80. The molecule has 0 saturated heterocycles. The lowest BCUT2D eigenvalue weighted by molar-refractivity contribution is 0.350. The molecule has 0 atom stereocenters. The third-order valence-corrected chi connectivity index (χ3v) is 4.74. The second kappa shape index (κ2) is 7.65. The van der Waals surface area contributed by atoms with Crippen molar-refractivity contribution in [2.75, 3.05) is 12.4 Å². The van der Waals surface area contributed by atoms with Crippen LogP contribution in [0.5, 0.6) is 0 Å². The highest BCUT2D eigenvalue weighted by atomic mass is 32.2. The van der Waals surface area contributed by atoms with Crippen LogP contribution in [-0.4, -0.2) is 25.9 Å². The normalized spacial score (nSPS) is 11.4. The fraction of sp³-hybridized carbons (Fsp3) is 0.538. The van der Waals surface area contributed by atoms with Crippen LogP contribution in [0.15, 0.2) is 12.1 Å². The summed E-state index contributed by atoms with van der Waals surface area (Å²) in [6, 6.07) is 3.67. The van der Waals surface area contributed by atoms with Crippen LogP contribution >= 0.6 is 11.3 Å². The number of rotatable bonds is 6. The summed E-state index contributed by atoms with van der Waals surface area (Å²) in [5.74, 6) is 5.89. The van der Waals surface area contributed by atoms with E-state index in [1.54, 1.807) is 0 Å². The molecule has 0 saturated carbocycles. The summed E-state index contributed by atoms with van der Waals surface area (Å²) in [5, 5.41) is 8.59. The quantitative estimate of drug-likeness (QED) is 0.784. The molecule has 4 nitrogen and oxygen atoms in total. The molecule has 0 amide bonds. The van der Waals surface area contributed by atoms with Crippen molar-refractivity contribution in [1.82, 2.24) is 4.72 Å². The van der Waals surface area contributed by atoms with Crippen molar-refractivity contribution < 1.29 is 13.5 Å². The summed E-state index contributed by atoms with van der Waals surface area (Å²) in [6.45, 7) is 4.13. The molecule has 0 aliphatic rings. The molecule has 0 fully saturated rings. The first-order chi connectivity index (χ1) is 8.93. The zero-order valence-corrected chi connectivity index (χ0v) is 12.8. The van der Waals surface area contributed by atoms with Crippen molar-refractivity contribution in [3.05, 3.63) is 21.9 Å². The molecule has 1 rings (SSSR count). The molecule has 0 aliphatic heterocycles. The van der Waals surface area contributed by atoms with Gasteiger partial charge in [0.05, 0.1) is 10.6 Å². The van der Waals surface area contributed by atoms with Crippen molar-refractivity contribution in [1.29, 1.82) is 0 Å². The number of aliphatic hydroxyl groups excluding tert-OH is 1. The van der Waals surface area contributed by atoms with Crippen LogP contribution in [0.2, 0.25) is 0 Å². The molecule has 1 heterocycles.